The number of carbonyl (C=O) groups excluding carboxylic acids is 1. The van der Waals surface area contributed by atoms with E-state index in [4.69, 9.17) is 5.11 Å². The van der Waals surface area contributed by atoms with Gasteiger partial charge in [0, 0.05) is 17.2 Å². The van der Waals surface area contributed by atoms with Crippen molar-refractivity contribution < 1.29 is 19.4 Å². The Morgan fingerprint density at radius 1 is 1.67 bits per heavy atom. The van der Waals surface area contributed by atoms with E-state index in [1.807, 2.05) is 0 Å². The number of thiazole rings is 1. The van der Waals surface area contributed by atoms with E-state index < -0.39 is 12.1 Å². The Balaban J connectivity index is 2.64. The SMILES string of the molecule is COC(=O)Nc1ncc(C=CC(=O)O)s1. The Morgan fingerprint density at radius 3 is 3.00 bits per heavy atom. The van der Waals surface area contributed by atoms with Gasteiger partial charge < -0.3 is 9.84 Å². The number of ether oxygens (including phenoxy) is 1. The second-order valence-electron chi connectivity index (χ2n) is 2.36. The molecule has 80 valence electrons. The van der Waals surface area contributed by atoms with Crippen molar-refractivity contribution in [1.29, 1.82) is 0 Å². The normalized spacial score (nSPS) is 10.2. The van der Waals surface area contributed by atoms with Crippen LogP contribution in [0.25, 0.3) is 6.08 Å². The molecule has 0 atom stereocenters. The predicted octanol–water partition coefficient (Wildman–Crippen LogP) is 1.42. The molecule has 15 heavy (non-hydrogen) atoms. The van der Waals surface area contributed by atoms with Gasteiger partial charge in [-0.05, 0) is 6.08 Å². The highest BCUT2D eigenvalue weighted by molar-refractivity contribution is 7.16. The standard InChI is InChI=1S/C8H8N2O4S/c1-14-8(13)10-7-9-4-5(15-7)2-3-6(11)12/h2-4H,1H3,(H,11,12)(H,9,10,13). The van der Waals surface area contributed by atoms with Gasteiger partial charge in [0.2, 0.25) is 0 Å². The number of nitrogens with zero attached hydrogens (tertiary/aromatic N) is 1. The van der Waals surface area contributed by atoms with E-state index in [1.54, 1.807) is 0 Å². The molecule has 0 aliphatic carbocycles. The number of carboxylic acid groups (broad SMARTS) is 1. The molecule has 0 spiro atoms. The molecule has 1 heterocycles. The molecule has 0 bridgehead atoms. The third-order valence-corrected chi connectivity index (χ3v) is 2.19. The zero-order chi connectivity index (χ0) is 11.3. The van der Waals surface area contributed by atoms with Crippen molar-refractivity contribution in [3.63, 3.8) is 0 Å². The first-order valence-electron chi connectivity index (χ1n) is 3.83. The van der Waals surface area contributed by atoms with Gasteiger partial charge in [-0.1, -0.05) is 11.3 Å². The topological polar surface area (TPSA) is 88.5 Å². The molecule has 0 aliphatic rings. The van der Waals surface area contributed by atoms with Crippen LogP contribution in [0.1, 0.15) is 4.88 Å². The van der Waals surface area contributed by atoms with E-state index in [1.165, 1.54) is 19.4 Å². The minimum absolute atomic E-state index is 0.354. The van der Waals surface area contributed by atoms with E-state index in [2.05, 4.69) is 15.0 Å². The first-order chi connectivity index (χ1) is 7.11. The fourth-order valence-corrected chi connectivity index (χ4v) is 1.42. The average molecular weight is 228 g/mol. The summed E-state index contributed by atoms with van der Waals surface area (Å²) in [5.41, 5.74) is 0. The molecule has 0 aromatic carbocycles. The van der Waals surface area contributed by atoms with Crippen LogP contribution in [0.15, 0.2) is 12.3 Å². The van der Waals surface area contributed by atoms with Crippen LogP contribution in [-0.2, 0) is 9.53 Å². The molecule has 0 unspecified atom stereocenters. The quantitative estimate of drug-likeness (QED) is 0.764. The molecular formula is C8H8N2O4S. The molecule has 1 aromatic rings. The summed E-state index contributed by atoms with van der Waals surface area (Å²) in [5.74, 6) is -1.04. The summed E-state index contributed by atoms with van der Waals surface area (Å²) < 4.78 is 4.37. The van der Waals surface area contributed by atoms with Crippen molar-refractivity contribution in [3.8, 4) is 0 Å². The minimum Gasteiger partial charge on any atom is -0.478 e. The summed E-state index contributed by atoms with van der Waals surface area (Å²) in [4.78, 5) is 25.5. The number of aromatic nitrogens is 1. The van der Waals surface area contributed by atoms with Crippen LogP contribution < -0.4 is 5.32 Å². The molecule has 1 aromatic heterocycles. The Morgan fingerprint density at radius 2 is 2.40 bits per heavy atom. The van der Waals surface area contributed by atoms with Crippen LogP contribution in [0.4, 0.5) is 9.93 Å². The number of amides is 1. The predicted molar refractivity (Wildman–Crippen MR) is 54.8 cm³/mol. The lowest BCUT2D eigenvalue weighted by Gasteiger charge is -1.96. The molecule has 1 amide bonds. The number of rotatable bonds is 3. The first-order valence-corrected chi connectivity index (χ1v) is 4.65. The summed E-state index contributed by atoms with van der Waals surface area (Å²) in [7, 11) is 1.24. The van der Waals surface area contributed by atoms with Crippen LogP contribution >= 0.6 is 11.3 Å². The van der Waals surface area contributed by atoms with Crippen molar-refractivity contribution in [2.45, 2.75) is 0 Å². The Labute approximate surface area is 89.2 Å². The van der Waals surface area contributed by atoms with Gasteiger partial charge in [-0.3, -0.25) is 5.32 Å². The van der Waals surface area contributed by atoms with Gasteiger partial charge in [-0.15, -0.1) is 0 Å². The maximum atomic E-state index is 10.8. The lowest BCUT2D eigenvalue weighted by molar-refractivity contribution is -0.131. The van der Waals surface area contributed by atoms with E-state index in [0.717, 1.165) is 17.4 Å². The van der Waals surface area contributed by atoms with Gasteiger partial charge in [-0.2, -0.15) is 0 Å². The van der Waals surface area contributed by atoms with Gasteiger partial charge in [0.25, 0.3) is 0 Å². The minimum atomic E-state index is -1.04. The third kappa shape index (κ3) is 3.77. The van der Waals surface area contributed by atoms with E-state index in [9.17, 15) is 9.59 Å². The fourth-order valence-electron chi connectivity index (χ4n) is 0.713. The molecule has 0 fully saturated rings. The van der Waals surface area contributed by atoms with Gasteiger partial charge in [0.15, 0.2) is 5.13 Å². The lowest BCUT2D eigenvalue weighted by Crippen LogP contribution is -2.10. The zero-order valence-electron chi connectivity index (χ0n) is 7.76. The van der Waals surface area contributed by atoms with Crippen LogP contribution in [0.3, 0.4) is 0 Å². The number of anilines is 1. The van der Waals surface area contributed by atoms with Crippen molar-refractivity contribution in [2.75, 3.05) is 12.4 Å². The Kier molecular flexibility index (Phi) is 3.81. The first kappa shape index (κ1) is 11.2. The summed E-state index contributed by atoms with van der Waals surface area (Å²) >= 11 is 1.15. The Bertz CT molecular complexity index is 399. The van der Waals surface area contributed by atoms with Crippen LogP contribution in [0, 0.1) is 0 Å². The average Bonchev–Trinajstić information content (AvgIpc) is 2.62. The van der Waals surface area contributed by atoms with Crippen molar-refractivity contribution in [1.82, 2.24) is 4.98 Å². The fraction of sp³-hybridized carbons (Fsp3) is 0.125. The molecule has 7 heteroatoms. The van der Waals surface area contributed by atoms with E-state index in [0.29, 0.717) is 10.0 Å². The van der Waals surface area contributed by atoms with Gasteiger partial charge in [0.1, 0.15) is 0 Å². The molecule has 0 saturated heterocycles. The maximum Gasteiger partial charge on any atom is 0.413 e. The third-order valence-electron chi connectivity index (χ3n) is 1.31. The number of aliphatic carboxylic acids is 1. The highest BCUT2D eigenvalue weighted by Gasteiger charge is 2.04. The van der Waals surface area contributed by atoms with Crippen LogP contribution in [-0.4, -0.2) is 29.3 Å². The zero-order valence-corrected chi connectivity index (χ0v) is 8.58. The maximum absolute atomic E-state index is 10.8. The molecule has 2 N–H and O–H groups in total. The second-order valence-corrected chi connectivity index (χ2v) is 3.42. The summed E-state index contributed by atoms with van der Waals surface area (Å²) in [6.45, 7) is 0. The number of carbonyl (C=O) groups is 2. The largest absolute Gasteiger partial charge is 0.478 e. The van der Waals surface area contributed by atoms with Gasteiger partial charge in [0.05, 0.1) is 7.11 Å². The van der Waals surface area contributed by atoms with Gasteiger partial charge in [-0.25, -0.2) is 14.6 Å². The monoisotopic (exact) mass is 228 g/mol. The molecule has 1 rings (SSSR count). The second kappa shape index (κ2) is 5.11. The number of hydrogen-bond donors (Lipinski definition) is 2. The number of methoxy groups -OCH3 is 1. The lowest BCUT2D eigenvalue weighted by atomic mass is 10.4. The summed E-state index contributed by atoms with van der Waals surface area (Å²) in [6, 6.07) is 0. The van der Waals surface area contributed by atoms with Crippen molar-refractivity contribution in [2.24, 2.45) is 0 Å². The summed E-state index contributed by atoms with van der Waals surface area (Å²) in [5, 5.41) is 11.1. The van der Waals surface area contributed by atoms with Crippen LogP contribution in [0.2, 0.25) is 0 Å². The molecule has 0 aliphatic heterocycles. The van der Waals surface area contributed by atoms with E-state index in [-0.39, 0.29) is 0 Å². The van der Waals surface area contributed by atoms with E-state index >= 15 is 0 Å². The highest BCUT2D eigenvalue weighted by Crippen LogP contribution is 2.19. The van der Waals surface area contributed by atoms with Crippen LogP contribution in [0.5, 0.6) is 0 Å². The summed E-state index contributed by atoms with van der Waals surface area (Å²) in [6.07, 6.45) is 3.23. The number of hydrogen-bond acceptors (Lipinski definition) is 5. The smallest absolute Gasteiger partial charge is 0.413 e. The Hall–Kier alpha value is -1.89. The van der Waals surface area contributed by atoms with Gasteiger partial charge >= 0.3 is 12.1 Å². The number of nitrogens with one attached hydrogen (secondary N) is 1. The van der Waals surface area contributed by atoms with Crippen molar-refractivity contribution in [3.05, 3.63) is 17.2 Å². The molecule has 0 saturated carbocycles. The van der Waals surface area contributed by atoms with Crippen molar-refractivity contribution >= 4 is 34.6 Å². The molecule has 0 radical (unpaired) electrons. The number of carboxylic acids is 1. The molecular weight excluding hydrogens is 220 g/mol. The highest BCUT2D eigenvalue weighted by atomic mass is 32.1. The molecule has 6 nitrogen and oxygen atoms in total.